The molecule has 1 heterocycles. The fourth-order valence-corrected chi connectivity index (χ4v) is 2.75. The minimum atomic E-state index is -0.102. The molecule has 3 heteroatoms. The van der Waals surface area contributed by atoms with Crippen molar-refractivity contribution in [3.8, 4) is 0 Å². The van der Waals surface area contributed by atoms with Crippen LogP contribution in [-0.2, 0) is 9.53 Å². The van der Waals surface area contributed by atoms with Crippen LogP contribution >= 0.6 is 0 Å². The first kappa shape index (κ1) is 13.9. The Bertz CT molecular complexity index is 320. The lowest BCUT2D eigenvalue weighted by atomic mass is 9.88. The van der Waals surface area contributed by atoms with Crippen LogP contribution in [0.5, 0.6) is 0 Å². The van der Waals surface area contributed by atoms with Crippen LogP contribution < -0.4 is 0 Å². The van der Waals surface area contributed by atoms with Crippen molar-refractivity contribution in [3.05, 3.63) is 0 Å². The number of ether oxygens (including phenoxy) is 1. The molecule has 0 radical (unpaired) electrons. The topological polar surface area (TPSA) is 29.5 Å². The maximum Gasteiger partial charge on any atom is 0.223 e. The summed E-state index contributed by atoms with van der Waals surface area (Å²) >= 11 is 0. The lowest BCUT2D eigenvalue weighted by molar-refractivity contribution is -0.158. The molecular formula is C15H27NO2. The summed E-state index contributed by atoms with van der Waals surface area (Å²) in [4.78, 5) is 14.1. The van der Waals surface area contributed by atoms with Gasteiger partial charge in [-0.2, -0.15) is 0 Å². The molecule has 2 fully saturated rings. The summed E-state index contributed by atoms with van der Waals surface area (Å²) in [5, 5.41) is 0. The predicted octanol–water partition coefficient (Wildman–Crippen LogP) is 2.84. The van der Waals surface area contributed by atoms with Crippen molar-refractivity contribution in [2.24, 2.45) is 11.3 Å². The van der Waals surface area contributed by atoms with Crippen molar-refractivity contribution in [3.63, 3.8) is 0 Å². The monoisotopic (exact) mass is 253 g/mol. The van der Waals surface area contributed by atoms with E-state index in [0.29, 0.717) is 17.2 Å². The normalized spacial score (nSPS) is 23.1. The molecule has 1 aliphatic carbocycles. The summed E-state index contributed by atoms with van der Waals surface area (Å²) in [5.41, 5.74) is 0.225. The molecule has 0 spiro atoms. The van der Waals surface area contributed by atoms with E-state index in [1.807, 2.05) is 4.90 Å². The van der Waals surface area contributed by atoms with Crippen LogP contribution in [0, 0.1) is 11.3 Å². The van der Waals surface area contributed by atoms with Crippen molar-refractivity contribution in [2.75, 3.05) is 13.1 Å². The number of carbonyl (C=O) groups excluding carboxylic acids is 1. The third-order valence-electron chi connectivity index (χ3n) is 4.34. The van der Waals surface area contributed by atoms with E-state index < -0.39 is 0 Å². The van der Waals surface area contributed by atoms with Gasteiger partial charge >= 0.3 is 0 Å². The summed E-state index contributed by atoms with van der Waals surface area (Å²) in [6, 6.07) is 0. The maximum atomic E-state index is 12.2. The zero-order valence-corrected chi connectivity index (χ0v) is 12.5. The van der Waals surface area contributed by atoms with Crippen molar-refractivity contribution < 1.29 is 9.53 Å². The van der Waals surface area contributed by atoms with Crippen LogP contribution in [0.15, 0.2) is 0 Å². The fourth-order valence-electron chi connectivity index (χ4n) is 2.75. The van der Waals surface area contributed by atoms with Gasteiger partial charge in [0.05, 0.1) is 11.7 Å². The summed E-state index contributed by atoms with van der Waals surface area (Å²) in [5.74, 6) is 0.958. The minimum absolute atomic E-state index is 0.102. The second-order valence-corrected chi connectivity index (χ2v) is 7.34. The van der Waals surface area contributed by atoms with Gasteiger partial charge in [0.25, 0.3) is 0 Å². The predicted molar refractivity (Wildman–Crippen MR) is 72.3 cm³/mol. The first-order chi connectivity index (χ1) is 8.22. The highest BCUT2D eigenvalue weighted by Crippen LogP contribution is 2.55. The van der Waals surface area contributed by atoms with E-state index in [9.17, 15) is 4.79 Å². The molecule has 3 nitrogen and oxygen atoms in total. The number of hydrogen-bond acceptors (Lipinski definition) is 2. The molecule has 104 valence electrons. The highest BCUT2D eigenvalue weighted by atomic mass is 16.5. The molecule has 0 atom stereocenters. The molecular weight excluding hydrogens is 226 g/mol. The number of amides is 1. The highest BCUT2D eigenvalue weighted by Gasteiger charge is 2.48. The van der Waals surface area contributed by atoms with E-state index in [4.69, 9.17) is 4.74 Å². The zero-order valence-electron chi connectivity index (χ0n) is 12.5. The number of nitrogens with zero attached hydrogens (tertiary/aromatic N) is 1. The van der Waals surface area contributed by atoms with E-state index in [2.05, 4.69) is 34.6 Å². The number of carbonyl (C=O) groups is 1. The Morgan fingerprint density at radius 2 is 1.89 bits per heavy atom. The Morgan fingerprint density at radius 3 is 2.28 bits per heavy atom. The van der Waals surface area contributed by atoms with E-state index in [1.165, 1.54) is 12.8 Å². The van der Waals surface area contributed by atoms with Gasteiger partial charge in [-0.25, -0.2) is 0 Å². The van der Waals surface area contributed by atoms with E-state index in [1.54, 1.807) is 0 Å². The molecule has 0 aromatic heterocycles. The lowest BCUT2D eigenvalue weighted by Gasteiger charge is -2.42. The third-order valence-corrected chi connectivity index (χ3v) is 4.34. The highest BCUT2D eigenvalue weighted by molar-refractivity contribution is 5.78. The van der Waals surface area contributed by atoms with Gasteiger partial charge in [0.15, 0.2) is 0 Å². The molecule has 1 amide bonds. The van der Waals surface area contributed by atoms with Crippen LogP contribution in [0.3, 0.4) is 0 Å². The van der Waals surface area contributed by atoms with Gasteiger partial charge in [-0.15, -0.1) is 0 Å². The van der Waals surface area contributed by atoms with Gasteiger partial charge in [-0.05, 0) is 44.9 Å². The molecule has 2 aliphatic rings. The number of rotatable bonds is 4. The van der Waals surface area contributed by atoms with Crippen molar-refractivity contribution in [1.82, 2.24) is 4.90 Å². The quantitative estimate of drug-likeness (QED) is 0.771. The fraction of sp³-hybridized carbons (Fsp3) is 0.933. The number of hydrogen-bond donors (Lipinski definition) is 0. The third kappa shape index (κ3) is 3.05. The van der Waals surface area contributed by atoms with E-state index >= 15 is 0 Å². The second kappa shape index (κ2) is 4.52. The number of likely N-dealkylation sites (tertiary alicyclic amines) is 1. The van der Waals surface area contributed by atoms with Gasteiger partial charge in [0.1, 0.15) is 0 Å². The smallest absolute Gasteiger partial charge is 0.223 e. The molecule has 0 aromatic carbocycles. The minimum Gasteiger partial charge on any atom is -0.369 e. The molecule has 18 heavy (non-hydrogen) atoms. The Balaban J connectivity index is 1.74. The lowest BCUT2D eigenvalue weighted by Crippen LogP contribution is -2.57. The van der Waals surface area contributed by atoms with Gasteiger partial charge < -0.3 is 9.64 Å². The first-order valence-corrected chi connectivity index (χ1v) is 7.17. The molecule has 0 unspecified atom stereocenters. The average Bonchev–Trinajstić information content (AvgIpc) is 2.89. The van der Waals surface area contributed by atoms with Crippen LogP contribution in [0.1, 0.15) is 53.9 Å². The standard InChI is InChI=1S/C15H27NO2/c1-11(2)15(6-7-15)8-13(17)16-9-12(10-16)18-14(3,4)5/h11-12H,6-10H2,1-5H3. The van der Waals surface area contributed by atoms with Crippen molar-refractivity contribution >= 4 is 5.91 Å². The van der Waals surface area contributed by atoms with Crippen molar-refractivity contribution in [1.29, 1.82) is 0 Å². The molecule has 0 aromatic rings. The van der Waals surface area contributed by atoms with Crippen molar-refractivity contribution in [2.45, 2.75) is 65.6 Å². The largest absolute Gasteiger partial charge is 0.369 e. The first-order valence-electron chi connectivity index (χ1n) is 7.17. The van der Waals surface area contributed by atoms with Crippen LogP contribution in [0.2, 0.25) is 0 Å². The molecule has 0 N–H and O–H groups in total. The van der Waals surface area contributed by atoms with Gasteiger partial charge in [-0.1, -0.05) is 13.8 Å². The average molecular weight is 253 g/mol. The molecule has 0 bridgehead atoms. The van der Waals surface area contributed by atoms with Gasteiger partial charge in [0.2, 0.25) is 5.91 Å². The Hall–Kier alpha value is -0.570. The molecule has 1 saturated heterocycles. The van der Waals surface area contributed by atoms with Gasteiger partial charge in [0, 0.05) is 19.5 Å². The summed E-state index contributed by atoms with van der Waals surface area (Å²) in [6.45, 7) is 12.2. The Labute approximate surface area is 111 Å². The van der Waals surface area contributed by atoms with Gasteiger partial charge in [-0.3, -0.25) is 4.79 Å². The summed E-state index contributed by atoms with van der Waals surface area (Å²) in [6.07, 6.45) is 3.44. The maximum absolute atomic E-state index is 12.2. The van der Waals surface area contributed by atoms with E-state index in [-0.39, 0.29) is 11.7 Å². The van der Waals surface area contributed by atoms with Crippen LogP contribution in [0.25, 0.3) is 0 Å². The Kier molecular flexibility index (Phi) is 3.48. The van der Waals surface area contributed by atoms with E-state index in [0.717, 1.165) is 19.5 Å². The SMILES string of the molecule is CC(C)C1(CC(=O)N2CC(OC(C)(C)C)C2)CC1. The summed E-state index contributed by atoms with van der Waals surface area (Å²) in [7, 11) is 0. The van der Waals surface area contributed by atoms with Crippen LogP contribution in [0.4, 0.5) is 0 Å². The second-order valence-electron chi connectivity index (χ2n) is 7.34. The summed E-state index contributed by atoms with van der Waals surface area (Å²) < 4.78 is 5.85. The molecule has 1 saturated carbocycles. The van der Waals surface area contributed by atoms with Crippen LogP contribution in [-0.4, -0.2) is 35.6 Å². The molecule has 1 aliphatic heterocycles. The Morgan fingerprint density at radius 1 is 1.33 bits per heavy atom. The zero-order chi connectivity index (χ0) is 13.6. The molecule has 2 rings (SSSR count).